The summed E-state index contributed by atoms with van der Waals surface area (Å²) in [5.41, 5.74) is 2.03. The van der Waals surface area contributed by atoms with Gasteiger partial charge in [-0.2, -0.15) is 0 Å². The standard InChI is InChI=1S/C24H18ClNO4S/c1-13-10-15-11-14(7-8-18(15)30-13)22(27)20-21(19-6-3-9-31-19)26(24(29)23(20)28)17-5-2-4-16(25)12-17/h2-9,11-13,21,27H,10H2,1H3/b22-20-. The number of amides is 1. The zero-order valence-corrected chi connectivity index (χ0v) is 18.1. The zero-order chi connectivity index (χ0) is 21.7. The molecule has 5 nitrogen and oxygen atoms in total. The van der Waals surface area contributed by atoms with Gasteiger partial charge in [0.2, 0.25) is 0 Å². The molecule has 3 heterocycles. The Balaban J connectivity index is 1.67. The summed E-state index contributed by atoms with van der Waals surface area (Å²) in [4.78, 5) is 28.4. The van der Waals surface area contributed by atoms with Crippen molar-refractivity contribution in [3.8, 4) is 5.75 Å². The largest absolute Gasteiger partial charge is 0.507 e. The fraction of sp³-hybridized carbons (Fsp3) is 0.167. The van der Waals surface area contributed by atoms with Crippen molar-refractivity contribution in [3.63, 3.8) is 0 Å². The molecule has 1 N–H and O–H groups in total. The van der Waals surface area contributed by atoms with Crippen molar-refractivity contribution >= 4 is 46.1 Å². The summed E-state index contributed by atoms with van der Waals surface area (Å²) in [5, 5.41) is 13.5. The van der Waals surface area contributed by atoms with Crippen molar-refractivity contribution in [2.24, 2.45) is 0 Å². The van der Waals surface area contributed by atoms with Crippen molar-refractivity contribution in [2.75, 3.05) is 4.90 Å². The molecule has 0 radical (unpaired) electrons. The number of rotatable bonds is 3. The summed E-state index contributed by atoms with van der Waals surface area (Å²) in [6, 6.07) is 15.1. The lowest BCUT2D eigenvalue weighted by molar-refractivity contribution is -0.132. The van der Waals surface area contributed by atoms with Gasteiger partial charge in [0.05, 0.1) is 5.57 Å². The number of fused-ring (bicyclic) bond motifs is 1. The number of ketones is 1. The molecule has 1 fully saturated rings. The number of nitrogens with zero attached hydrogens (tertiary/aromatic N) is 1. The Morgan fingerprint density at radius 2 is 2.00 bits per heavy atom. The van der Waals surface area contributed by atoms with Crippen molar-refractivity contribution in [1.29, 1.82) is 0 Å². The van der Waals surface area contributed by atoms with Crippen LogP contribution in [0.3, 0.4) is 0 Å². The van der Waals surface area contributed by atoms with Gasteiger partial charge < -0.3 is 9.84 Å². The highest BCUT2D eigenvalue weighted by molar-refractivity contribution is 7.10. The fourth-order valence-corrected chi connectivity index (χ4v) is 5.17. The molecule has 1 amide bonds. The number of benzene rings is 2. The number of hydrogen-bond donors (Lipinski definition) is 1. The van der Waals surface area contributed by atoms with E-state index in [2.05, 4.69) is 0 Å². The van der Waals surface area contributed by atoms with E-state index in [0.29, 0.717) is 16.3 Å². The molecular weight excluding hydrogens is 434 g/mol. The Kier molecular flexibility index (Phi) is 4.84. The van der Waals surface area contributed by atoms with Crippen molar-refractivity contribution in [2.45, 2.75) is 25.5 Å². The first-order chi connectivity index (χ1) is 14.9. The molecule has 0 aliphatic carbocycles. The van der Waals surface area contributed by atoms with Crippen LogP contribution in [0.15, 0.2) is 65.6 Å². The minimum Gasteiger partial charge on any atom is -0.507 e. The van der Waals surface area contributed by atoms with Gasteiger partial charge in [0, 0.05) is 27.6 Å². The second kappa shape index (κ2) is 7.55. The van der Waals surface area contributed by atoms with E-state index in [0.717, 1.165) is 22.6 Å². The summed E-state index contributed by atoms with van der Waals surface area (Å²) < 4.78 is 5.73. The number of carbonyl (C=O) groups excluding carboxylic acids is 2. The molecule has 5 rings (SSSR count). The maximum atomic E-state index is 13.1. The van der Waals surface area contributed by atoms with E-state index < -0.39 is 17.7 Å². The first-order valence-electron chi connectivity index (χ1n) is 9.84. The predicted molar refractivity (Wildman–Crippen MR) is 121 cm³/mol. The maximum absolute atomic E-state index is 13.1. The number of aliphatic hydroxyl groups excluding tert-OH is 1. The molecular formula is C24H18ClNO4S. The van der Waals surface area contributed by atoms with Gasteiger partial charge in [-0.3, -0.25) is 14.5 Å². The number of Topliss-reactive ketones (excluding diaryl/α,β-unsaturated/α-hetero) is 1. The third-order valence-corrected chi connectivity index (χ3v) is 6.67. The van der Waals surface area contributed by atoms with Gasteiger partial charge in [0.1, 0.15) is 23.7 Å². The number of hydrogen-bond acceptors (Lipinski definition) is 5. The molecule has 2 atom stereocenters. The first-order valence-corrected chi connectivity index (χ1v) is 11.1. The van der Waals surface area contributed by atoms with Gasteiger partial charge in [-0.05, 0) is 60.3 Å². The highest BCUT2D eigenvalue weighted by Gasteiger charge is 2.47. The Hall–Kier alpha value is -3.09. The van der Waals surface area contributed by atoms with Gasteiger partial charge in [0.25, 0.3) is 11.7 Å². The zero-order valence-electron chi connectivity index (χ0n) is 16.5. The van der Waals surface area contributed by atoms with Crippen molar-refractivity contribution in [3.05, 3.63) is 86.6 Å². The number of carbonyl (C=O) groups is 2. The fourth-order valence-electron chi connectivity index (χ4n) is 4.17. The van der Waals surface area contributed by atoms with E-state index in [1.807, 2.05) is 30.5 Å². The maximum Gasteiger partial charge on any atom is 0.300 e. The number of thiophene rings is 1. The molecule has 2 aliphatic rings. The average Bonchev–Trinajstić information content (AvgIpc) is 3.45. The number of ether oxygens (including phenoxy) is 1. The topological polar surface area (TPSA) is 66.8 Å². The Morgan fingerprint density at radius 3 is 2.74 bits per heavy atom. The Bertz CT molecular complexity index is 1230. The third-order valence-electron chi connectivity index (χ3n) is 5.51. The van der Waals surface area contributed by atoms with Crippen LogP contribution in [-0.2, 0) is 16.0 Å². The van der Waals surface area contributed by atoms with Crippen LogP contribution in [0.5, 0.6) is 5.75 Å². The second-order valence-electron chi connectivity index (χ2n) is 7.62. The van der Waals surface area contributed by atoms with Crippen LogP contribution in [0.2, 0.25) is 5.02 Å². The monoisotopic (exact) mass is 451 g/mol. The quantitative estimate of drug-likeness (QED) is 0.331. The molecule has 156 valence electrons. The van der Waals surface area contributed by atoms with Crippen LogP contribution in [0.4, 0.5) is 5.69 Å². The van der Waals surface area contributed by atoms with Gasteiger partial charge in [-0.25, -0.2) is 0 Å². The smallest absolute Gasteiger partial charge is 0.300 e. The third kappa shape index (κ3) is 3.32. The minimum absolute atomic E-state index is 0.0620. The van der Waals surface area contributed by atoms with E-state index >= 15 is 0 Å². The summed E-state index contributed by atoms with van der Waals surface area (Å²) in [6.45, 7) is 1.98. The lowest BCUT2D eigenvalue weighted by Gasteiger charge is -2.24. The van der Waals surface area contributed by atoms with Crippen molar-refractivity contribution in [1.82, 2.24) is 0 Å². The Morgan fingerprint density at radius 1 is 1.16 bits per heavy atom. The van der Waals surface area contributed by atoms with E-state index in [9.17, 15) is 14.7 Å². The van der Waals surface area contributed by atoms with Crippen LogP contribution in [-0.4, -0.2) is 22.9 Å². The lowest BCUT2D eigenvalue weighted by atomic mass is 9.98. The van der Waals surface area contributed by atoms with Crippen LogP contribution in [0, 0.1) is 0 Å². The lowest BCUT2D eigenvalue weighted by Crippen LogP contribution is -2.29. The molecule has 0 saturated carbocycles. The van der Waals surface area contributed by atoms with Crippen molar-refractivity contribution < 1.29 is 19.4 Å². The van der Waals surface area contributed by atoms with E-state index in [1.165, 1.54) is 16.2 Å². The summed E-state index contributed by atoms with van der Waals surface area (Å²) in [5.74, 6) is -0.830. The highest BCUT2D eigenvalue weighted by Crippen LogP contribution is 2.44. The molecule has 0 spiro atoms. The summed E-state index contributed by atoms with van der Waals surface area (Å²) in [7, 11) is 0. The van der Waals surface area contributed by atoms with Crippen LogP contribution >= 0.6 is 22.9 Å². The van der Waals surface area contributed by atoms with E-state index in [-0.39, 0.29) is 17.4 Å². The SMILES string of the molecule is CC1Cc2cc(/C(O)=C3/C(=O)C(=O)N(c4cccc(Cl)c4)C3c3cccs3)ccc2O1. The van der Waals surface area contributed by atoms with Gasteiger partial charge >= 0.3 is 0 Å². The molecule has 2 aliphatic heterocycles. The number of aliphatic hydroxyl groups is 1. The van der Waals surface area contributed by atoms with E-state index in [4.69, 9.17) is 16.3 Å². The summed E-state index contributed by atoms with van der Waals surface area (Å²) in [6.07, 6.45) is 0.786. The normalized spacial score (nSPS) is 21.9. The predicted octanol–water partition coefficient (Wildman–Crippen LogP) is 5.35. The second-order valence-corrected chi connectivity index (χ2v) is 9.04. The minimum atomic E-state index is -0.734. The molecule has 7 heteroatoms. The molecule has 2 unspecified atom stereocenters. The molecule has 0 bridgehead atoms. The van der Waals surface area contributed by atoms with Gasteiger partial charge in [-0.1, -0.05) is 23.7 Å². The van der Waals surface area contributed by atoms with Crippen LogP contribution < -0.4 is 9.64 Å². The molecule has 2 aromatic carbocycles. The average molecular weight is 452 g/mol. The Labute approximate surface area is 188 Å². The summed E-state index contributed by atoms with van der Waals surface area (Å²) >= 11 is 7.57. The molecule has 31 heavy (non-hydrogen) atoms. The number of halogens is 1. The number of anilines is 1. The molecule has 1 saturated heterocycles. The first kappa shape index (κ1) is 19.8. The van der Waals surface area contributed by atoms with E-state index in [1.54, 1.807) is 36.4 Å². The molecule has 3 aromatic rings. The van der Waals surface area contributed by atoms with Crippen LogP contribution in [0.25, 0.3) is 5.76 Å². The van der Waals surface area contributed by atoms with Gasteiger partial charge in [-0.15, -0.1) is 11.3 Å². The van der Waals surface area contributed by atoms with Crippen LogP contribution in [0.1, 0.15) is 29.0 Å². The molecule has 1 aromatic heterocycles. The van der Waals surface area contributed by atoms with Gasteiger partial charge in [0.15, 0.2) is 0 Å². The highest BCUT2D eigenvalue weighted by atomic mass is 35.5.